The van der Waals surface area contributed by atoms with Crippen LogP contribution in [0.25, 0.3) is 0 Å². The fraction of sp³-hybridized carbons (Fsp3) is 0.571. The fourth-order valence-electron chi connectivity index (χ4n) is 1.76. The normalized spacial score (nSPS) is 14.4. The Labute approximate surface area is 104 Å². The summed E-state index contributed by atoms with van der Waals surface area (Å²) in [4.78, 5) is 0. The smallest absolute Gasteiger partial charge is 0.137 e. The number of hydrogen-bond acceptors (Lipinski definition) is 3. The topological polar surface area (TPSA) is 55.5 Å². The van der Waals surface area contributed by atoms with Gasteiger partial charge in [-0.2, -0.15) is 0 Å². The summed E-state index contributed by atoms with van der Waals surface area (Å²) in [5, 5.41) is 9.28. The molecule has 0 fully saturated rings. The van der Waals surface area contributed by atoms with Crippen LogP contribution in [0.5, 0.6) is 5.75 Å². The summed E-state index contributed by atoms with van der Waals surface area (Å²) in [5.41, 5.74) is 7.23. The fourth-order valence-corrected chi connectivity index (χ4v) is 1.76. The van der Waals surface area contributed by atoms with Gasteiger partial charge in [0.2, 0.25) is 0 Å². The summed E-state index contributed by atoms with van der Waals surface area (Å²) >= 11 is 0. The third-order valence-corrected chi connectivity index (χ3v) is 2.90. The molecular weight excluding hydrogens is 214 g/mol. The molecule has 0 spiro atoms. The molecule has 0 saturated heterocycles. The Balaban J connectivity index is 2.60. The van der Waals surface area contributed by atoms with Gasteiger partial charge in [0.15, 0.2) is 0 Å². The molecule has 2 unspecified atom stereocenters. The lowest BCUT2D eigenvalue weighted by molar-refractivity contribution is 0.0916. The molecule has 0 aliphatic heterocycles. The van der Waals surface area contributed by atoms with Crippen molar-refractivity contribution in [1.29, 1.82) is 0 Å². The van der Waals surface area contributed by atoms with Crippen LogP contribution < -0.4 is 10.5 Å². The molecule has 0 aromatic heterocycles. The van der Waals surface area contributed by atoms with Crippen LogP contribution in [-0.2, 0) is 6.42 Å². The number of nitrogens with two attached hydrogens (primary N) is 1. The van der Waals surface area contributed by atoms with E-state index in [0.29, 0.717) is 0 Å². The van der Waals surface area contributed by atoms with Crippen LogP contribution in [0.15, 0.2) is 24.3 Å². The summed E-state index contributed by atoms with van der Waals surface area (Å²) in [6.45, 7) is 4.14. The third kappa shape index (κ3) is 4.36. The monoisotopic (exact) mass is 237 g/mol. The van der Waals surface area contributed by atoms with Crippen molar-refractivity contribution in [2.24, 2.45) is 5.73 Å². The van der Waals surface area contributed by atoms with E-state index in [1.54, 1.807) is 0 Å². The van der Waals surface area contributed by atoms with E-state index < -0.39 is 0 Å². The number of aryl methyl sites for hydroxylation is 1. The Bertz CT molecular complexity index is 311. The maximum atomic E-state index is 9.28. The minimum absolute atomic E-state index is 0.0449. The summed E-state index contributed by atoms with van der Waals surface area (Å²) in [6.07, 6.45) is 2.55. The van der Waals surface area contributed by atoms with Gasteiger partial charge < -0.3 is 15.6 Å². The van der Waals surface area contributed by atoms with Crippen molar-refractivity contribution in [2.75, 3.05) is 6.61 Å². The second-order valence-electron chi connectivity index (χ2n) is 4.29. The Morgan fingerprint density at radius 2 is 1.88 bits per heavy atom. The van der Waals surface area contributed by atoms with E-state index in [0.717, 1.165) is 25.0 Å². The van der Waals surface area contributed by atoms with Crippen molar-refractivity contribution in [3.8, 4) is 5.75 Å². The molecule has 1 rings (SSSR count). The highest BCUT2D eigenvalue weighted by Crippen LogP contribution is 2.16. The maximum Gasteiger partial charge on any atom is 0.137 e. The van der Waals surface area contributed by atoms with Crippen molar-refractivity contribution in [3.63, 3.8) is 0 Å². The Morgan fingerprint density at radius 1 is 1.24 bits per heavy atom. The van der Waals surface area contributed by atoms with E-state index in [-0.39, 0.29) is 18.8 Å². The Kier molecular flexibility index (Phi) is 6.01. The van der Waals surface area contributed by atoms with Gasteiger partial charge in [0, 0.05) is 6.04 Å². The highest BCUT2D eigenvalue weighted by molar-refractivity contribution is 5.27. The first kappa shape index (κ1) is 14.0. The first-order valence-corrected chi connectivity index (χ1v) is 6.33. The van der Waals surface area contributed by atoms with Crippen LogP contribution in [0.2, 0.25) is 0 Å². The van der Waals surface area contributed by atoms with E-state index in [1.807, 2.05) is 24.3 Å². The van der Waals surface area contributed by atoms with Crippen LogP contribution in [0.1, 0.15) is 32.3 Å². The second-order valence-corrected chi connectivity index (χ2v) is 4.29. The summed E-state index contributed by atoms with van der Waals surface area (Å²) < 4.78 is 5.70. The maximum absolute atomic E-state index is 9.28. The molecule has 3 N–H and O–H groups in total. The molecule has 96 valence electrons. The quantitative estimate of drug-likeness (QED) is 0.763. The molecule has 1 aromatic carbocycles. The molecule has 1 aromatic rings. The lowest BCUT2D eigenvalue weighted by atomic mass is 10.1. The zero-order valence-corrected chi connectivity index (χ0v) is 10.7. The van der Waals surface area contributed by atoms with Crippen molar-refractivity contribution in [2.45, 2.75) is 45.3 Å². The highest BCUT2D eigenvalue weighted by atomic mass is 16.5. The zero-order chi connectivity index (χ0) is 12.7. The van der Waals surface area contributed by atoms with Crippen LogP contribution in [0.3, 0.4) is 0 Å². The number of aliphatic hydroxyl groups is 1. The molecule has 0 saturated carbocycles. The average Bonchev–Trinajstić information content (AvgIpc) is 2.37. The van der Waals surface area contributed by atoms with Gasteiger partial charge in [0.25, 0.3) is 0 Å². The first-order valence-electron chi connectivity index (χ1n) is 6.33. The van der Waals surface area contributed by atoms with Gasteiger partial charge >= 0.3 is 0 Å². The predicted molar refractivity (Wildman–Crippen MR) is 70.2 cm³/mol. The van der Waals surface area contributed by atoms with Crippen LogP contribution >= 0.6 is 0 Å². The van der Waals surface area contributed by atoms with Crippen LogP contribution in [0, 0.1) is 0 Å². The van der Waals surface area contributed by atoms with E-state index in [1.165, 1.54) is 5.56 Å². The van der Waals surface area contributed by atoms with Gasteiger partial charge in [0.1, 0.15) is 11.9 Å². The molecule has 2 atom stereocenters. The summed E-state index contributed by atoms with van der Waals surface area (Å²) in [6, 6.07) is 7.82. The lowest BCUT2D eigenvalue weighted by Gasteiger charge is -2.23. The standard InChI is InChI=1S/C14H23NO2/c1-3-5-13(15)14(10-16)17-12-8-6-11(4-2)7-9-12/h6-9,13-14,16H,3-5,10,15H2,1-2H3. The van der Waals surface area contributed by atoms with Crippen molar-refractivity contribution in [1.82, 2.24) is 0 Å². The minimum atomic E-state index is -0.317. The van der Waals surface area contributed by atoms with E-state index in [9.17, 15) is 5.11 Å². The zero-order valence-electron chi connectivity index (χ0n) is 10.7. The SMILES string of the molecule is CCCC(N)C(CO)Oc1ccc(CC)cc1. The minimum Gasteiger partial charge on any atom is -0.486 e. The van der Waals surface area contributed by atoms with E-state index >= 15 is 0 Å². The molecule has 3 heteroatoms. The molecule has 0 bridgehead atoms. The Hall–Kier alpha value is -1.06. The van der Waals surface area contributed by atoms with Crippen molar-refractivity contribution >= 4 is 0 Å². The van der Waals surface area contributed by atoms with E-state index in [2.05, 4.69) is 13.8 Å². The number of aliphatic hydroxyl groups excluding tert-OH is 1. The van der Waals surface area contributed by atoms with Gasteiger partial charge in [0.05, 0.1) is 6.61 Å². The lowest BCUT2D eigenvalue weighted by Crippen LogP contribution is -2.41. The number of rotatable bonds is 7. The Morgan fingerprint density at radius 3 is 2.35 bits per heavy atom. The molecule has 3 nitrogen and oxygen atoms in total. The molecule has 0 amide bonds. The highest BCUT2D eigenvalue weighted by Gasteiger charge is 2.17. The third-order valence-electron chi connectivity index (χ3n) is 2.90. The van der Waals surface area contributed by atoms with Gasteiger partial charge in [-0.3, -0.25) is 0 Å². The van der Waals surface area contributed by atoms with Crippen molar-refractivity contribution in [3.05, 3.63) is 29.8 Å². The number of ether oxygens (including phenoxy) is 1. The number of benzene rings is 1. The van der Waals surface area contributed by atoms with Crippen molar-refractivity contribution < 1.29 is 9.84 Å². The molecule has 0 aliphatic carbocycles. The number of hydrogen-bond donors (Lipinski definition) is 2. The largest absolute Gasteiger partial charge is 0.486 e. The van der Waals surface area contributed by atoms with Gasteiger partial charge in [-0.1, -0.05) is 32.4 Å². The molecule has 0 aliphatic rings. The average molecular weight is 237 g/mol. The molecule has 0 heterocycles. The van der Waals surface area contributed by atoms with Gasteiger partial charge in [-0.25, -0.2) is 0 Å². The first-order chi connectivity index (χ1) is 8.21. The molecule has 17 heavy (non-hydrogen) atoms. The predicted octanol–water partition coefficient (Wildman–Crippen LogP) is 2.12. The molecule has 0 radical (unpaired) electrons. The van der Waals surface area contributed by atoms with Crippen LogP contribution in [0.4, 0.5) is 0 Å². The van der Waals surface area contributed by atoms with Gasteiger partial charge in [-0.15, -0.1) is 0 Å². The molecular formula is C14H23NO2. The van der Waals surface area contributed by atoms with Gasteiger partial charge in [-0.05, 0) is 30.5 Å². The second kappa shape index (κ2) is 7.30. The summed E-state index contributed by atoms with van der Waals surface area (Å²) in [5.74, 6) is 0.771. The van der Waals surface area contributed by atoms with E-state index in [4.69, 9.17) is 10.5 Å². The summed E-state index contributed by atoms with van der Waals surface area (Å²) in [7, 11) is 0. The van der Waals surface area contributed by atoms with Crippen LogP contribution in [-0.4, -0.2) is 23.9 Å².